The number of rotatable bonds is 9. The highest BCUT2D eigenvalue weighted by atomic mass is 16.6. The van der Waals surface area contributed by atoms with Gasteiger partial charge in [-0.05, 0) is 55.4 Å². The van der Waals surface area contributed by atoms with Crippen molar-refractivity contribution in [3.05, 3.63) is 41.5 Å². The van der Waals surface area contributed by atoms with Gasteiger partial charge < -0.3 is 18.9 Å². The summed E-state index contributed by atoms with van der Waals surface area (Å²) in [6, 6.07) is 9.48. The minimum absolute atomic E-state index is 0.178. The SMILES string of the molecule is CCOc1c(OC)ccc(-c2ccc3c(c2)CCC3=O)c1OCC(=O)OCC1CCC1. The van der Waals surface area contributed by atoms with Gasteiger partial charge in [0, 0.05) is 17.5 Å². The summed E-state index contributed by atoms with van der Waals surface area (Å²) >= 11 is 0. The summed E-state index contributed by atoms with van der Waals surface area (Å²) in [4.78, 5) is 24.3. The van der Waals surface area contributed by atoms with Crippen LogP contribution < -0.4 is 14.2 Å². The number of methoxy groups -OCH3 is 1. The average molecular weight is 424 g/mol. The van der Waals surface area contributed by atoms with Crippen molar-refractivity contribution in [2.45, 2.75) is 39.0 Å². The third-order valence-corrected chi connectivity index (χ3v) is 5.96. The summed E-state index contributed by atoms with van der Waals surface area (Å²) in [5, 5.41) is 0. The molecule has 164 valence electrons. The van der Waals surface area contributed by atoms with Crippen LogP contribution in [0.15, 0.2) is 30.3 Å². The van der Waals surface area contributed by atoms with Crippen LogP contribution in [-0.2, 0) is 16.0 Å². The molecule has 0 radical (unpaired) electrons. The summed E-state index contributed by atoms with van der Waals surface area (Å²) in [6.07, 6.45) is 4.71. The fraction of sp³-hybridized carbons (Fsp3) is 0.440. The molecular formula is C25H28O6. The Balaban J connectivity index is 1.62. The summed E-state index contributed by atoms with van der Waals surface area (Å²) < 4.78 is 22.6. The van der Waals surface area contributed by atoms with Gasteiger partial charge in [0.05, 0.1) is 20.3 Å². The molecule has 2 aliphatic carbocycles. The number of fused-ring (bicyclic) bond motifs is 1. The number of carbonyl (C=O) groups excluding carboxylic acids is 2. The fourth-order valence-electron chi connectivity index (χ4n) is 4.02. The largest absolute Gasteiger partial charge is 0.493 e. The molecule has 6 nitrogen and oxygen atoms in total. The maximum absolute atomic E-state index is 12.3. The van der Waals surface area contributed by atoms with E-state index in [1.54, 1.807) is 7.11 Å². The lowest BCUT2D eigenvalue weighted by Gasteiger charge is -2.24. The van der Waals surface area contributed by atoms with Crippen LogP contribution in [0.1, 0.15) is 48.5 Å². The number of benzene rings is 2. The Labute approximate surface area is 182 Å². The zero-order valence-electron chi connectivity index (χ0n) is 18.1. The molecule has 2 aromatic carbocycles. The van der Waals surface area contributed by atoms with Crippen LogP contribution in [0.5, 0.6) is 17.2 Å². The first-order chi connectivity index (χ1) is 15.1. The fourth-order valence-corrected chi connectivity index (χ4v) is 4.02. The Hall–Kier alpha value is -3.02. The molecule has 0 saturated heterocycles. The van der Waals surface area contributed by atoms with Crippen molar-refractivity contribution in [3.63, 3.8) is 0 Å². The van der Waals surface area contributed by atoms with Crippen molar-refractivity contribution in [1.82, 2.24) is 0 Å². The molecule has 31 heavy (non-hydrogen) atoms. The molecular weight excluding hydrogens is 396 g/mol. The maximum atomic E-state index is 12.3. The van der Waals surface area contributed by atoms with E-state index in [9.17, 15) is 9.59 Å². The topological polar surface area (TPSA) is 71.1 Å². The predicted octanol–water partition coefficient (Wildman–Crippen LogP) is 4.61. The van der Waals surface area contributed by atoms with Gasteiger partial charge in [-0.25, -0.2) is 4.79 Å². The van der Waals surface area contributed by atoms with E-state index < -0.39 is 5.97 Å². The van der Waals surface area contributed by atoms with E-state index in [2.05, 4.69) is 0 Å². The molecule has 0 unspecified atom stereocenters. The number of ketones is 1. The summed E-state index contributed by atoms with van der Waals surface area (Å²) in [5.74, 6) is 1.67. The van der Waals surface area contributed by atoms with Gasteiger partial charge in [0.25, 0.3) is 0 Å². The second-order valence-electron chi connectivity index (χ2n) is 7.97. The number of Topliss-reactive ketones (excluding diaryl/α,β-unsaturated/α-hetero) is 1. The van der Waals surface area contributed by atoms with E-state index in [0.717, 1.165) is 41.5 Å². The zero-order valence-corrected chi connectivity index (χ0v) is 18.1. The van der Waals surface area contributed by atoms with Crippen molar-refractivity contribution in [2.75, 3.05) is 26.9 Å². The summed E-state index contributed by atoms with van der Waals surface area (Å²) in [5.41, 5.74) is 3.49. The molecule has 2 aromatic rings. The lowest BCUT2D eigenvalue weighted by Crippen LogP contribution is -2.23. The first-order valence-corrected chi connectivity index (χ1v) is 10.9. The van der Waals surface area contributed by atoms with E-state index in [1.807, 2.05) is 37.3 Å². The van der Waals surface area contributed by atoms with E-state index >= 15 is 0 Å². The van der Waals surface area contributed by atoms with E-state index in [-0.39, 0.29) is 12.4 Å². The number of carbonyl (C=O) groups is 2. The van der Waals surface area contributed by atoms with Crippen LogP contribution in [0.2, 0.25) is 0 Å². The van der Waals surface area contributed by atoms with Crippen molar-refractivity contribution >= 4 is 11.8 Å². The molecule has 0 bridgehead atoms. The molecule has 0 spiro atoms. The van der Waals surface area contributed by atoms with Crippen LogP contribution in [0, 0.1) is 5.92 Å². The van der Waals surface area contributed by atoms with Gasteiger partial charge in [-0.3, -0.25) is 4.79 Å². The summed E-state index contributed by atoms with van der Waals surface area (Å²) in [7, 11) is 1.56. The van der Waals surface area contributed by atoms with Gasteiger partial charge in [-0.2, -0.15) is 0 Å². The van der Waals surface area contributed by atoms with E-state index in [1.165, 1.54) is 6.42 Å². The molecule has 0 N–H and O–H groups in total. The van der Waals surface area contributed by atoms with Crippen molar-refractivity contribution in [3.8, 4) is 28.4 Å². The van der Waals surface area contributed by atoms with Gasteiger partial charge in [0.1, 0.15) is 0 Å². The number of esters is 1. The van der Waals surface area contributed by atoms with Crippen LogP contribution >= 0.6 is 0 Å². The van der Waals surface area contributed by atoms with Crippen LogP contribution in [0.3, 0.4) is 0 Å². The number of hydrogen-bond donors (Lipinski definition) is 0. The number of hydrogen-bond acceptors (Lipinski definition) is 6. The molecule has 0 heterocycles. The molecule has 4 rings (SSSR count). The average Bonchev–Trinajstić information content (AvgIpc) is 3.11. The Morgan fingerprint density at radius 1 is 1.03 bits per heavy atom. The predicted molar refractivity (Wildman–Crippen MR) is 116 cm³/mol. The quantitative estimate of drug-likeness (QED) is 0.548. The second kappa shape index (κ2) is 9.41. The molecule has 0 amide bonds. The van der Waals surface area contributed by atoms with E-state index in [4.69, 9.17) is 18.9 Å². The van der Waals surface area contributed by atoms with Crippen LogP contribution in [0.4, 0.5) is 0 Å². The monoisotopic (exact) mass is 424 g/mol. The van der Waals surface area contributed by atoms with Crippen LogP contribution in [0.25, 0.3) is 11.1 Å². The lowest BCUT2D eigenvalue weighted by atomic mass is 9.86. The molecule has 6 heteroatoms. The maximum Gasteiger partial charge on any atom is 0.344 e. The smallest absolute Gasteiger partial charge is 0.344 e. The Kier molecular flexibility index (Phi) is 6.44. The minimum atomic E-state index is -0.400. The van der Waals surface area contributed by atoms with Crippen molar-refractivity contribution < 1.29 is 28.5 Å². The van der Waals surface area contributed by atoms with Gasteiger partial charge in [-0.1, -0.05) is 24.6 Å². The molecule has 0 atom stereocenters. The zero-order chi connectivity index (χ0) is 21.8. The third kappa shape index (κ3) is 4.53. The van der Waals surface area contributed by atoms with Gasteiger partial charge >= 0.3 is 5.97 Å². The van der Waals surface area contributed by atoms with E-state index in [0.29, 0.717) is 42.8 Å². The Morgan fingerprint density at radius 3 is 2.55 bits per heavy atom. The van der Waals surface area contributed by atoms with Gasteiger partial charge in [0.2, 0.25) is 5.75 Å². The van der Waals surface area contributed by atoms with Gasteiger partial charge in [-0.15, -0.1) is 0 Å². The lowest BCUT2D eigenvalue weighted by molar-refractivity contribution is -0.148. The highest BCUT2D eigenvalue weighted by Crippen LogP contribution is 2.45. The molecule has 0 aromatic heterocycles. The number of ether oxygens (including phenoxy) is 4. The highest BCUT2D eigenvalue weighted by Gasteiger charge is 2.24. The molecule has 1 fully saturated rings. The Bertz CT molecular complexity index is 976. The van der Waals surface area contributed by atoms with Crippen LogP contribution in [-0.4, -0.2) is 38.7 Å². The van der Waals surface area contributed by atoms with Crippen molar-refractivity contribution in [2.24, 2.45) is 5.92 Å². The molecule has 1 saturated carbocycles. The molecule has 0 aliphatic heterocycles. The highest BCUT2D eigenvalue weighted by molar-refractivity contribution is 6.01. The minimum Gasteiger partial charge on any atom is -0.493 e. The normalized spacial score (nSPS) is 15.2. The molecule has 2 aliphatic rings. The Morgan fingerprint density at radius 2 is 1.84 bits per heavy atom. The number of aryl methyl sites for hydroxylation is 1. The van der Waals surface area contributed by atoms with Gasteiger partial charge in [0.15, 0.2) is 23.9 Å². The van der Waals surface area contributed by atoms with Crippen molar-refractivity contribution in [1.29, 1.82) is 0 Å². The summed E-state index contributed by atoms with van der Waals surface area (Å²) in [6.45, 7) is 2.53. The third-order valence-electron chi connectivity index (χ3n) is 5.96. The first-order valence-electron chi connectivity index (χ1n) is 10.9. The second-order valence-corrected chi connectivity index (χ2v) is 7.97. The standard InChI is InChI=1S/C25H28O6/c1-3-29-25-22(28-2)12-10-20(18-7-9-19-17(13-18)8-11-21(19)26)24(25)31-15-23(27)30-14-16-5-4-6-16/h7,9-10,12-13,16H,3-6,8,11,14-15H2,1-2H3. The first kappa shape index (κ1) is 21.2.